The van der Waals surface area contributed by atoms with Gasteiger partial charge in [-0.15, -0.1) is 0 Å². The molecule has 0 bridgehead atoms. The molecular weight excluding hydrogens is 270 g/mol. The van der Waals surface area contributed by atoms with Gasteiger partial charge in [-0.25, -0.2) is 4.98 Å². The van der Waals surface area contributed by atoms with Crippen LogP contribution in [0.15, 0.2) is 41.3 Å². The number of β-amino-alcohol motifs (C(OH)–C–C–N with tert-alkyl or cyclic N) is 1. The van der Waals surface area contributed by atoms with E-state index in [9.17, 15) is 14.7 Å². The van der Waals surface area contributed by atoms with Crippen LogP contribution in [0.3, 0.4) is 0 Å². The normalized spacial score (nSPS) is 18.0. The van der Waals surface area contributed by atoms with Crippen LogP contribution < -0.4 is 5.56 Å². The SMILES string of the molecule is O=C(c1cnc(-c2ccccc2)[nH]c1=O)N1CC[C@@H](O)C1. The van der Waals surface area contributed by atoms with E-state index in [4.69, 9.17) is 0 Å². The van der Waals surface area contributed by atoms with Crippen LogP contribution in [0.5, 0.6) is 0 Å². The number of aliphatic hydroxyl groups excluding tert-OH is 1. The zero-order valence-electron chi connectivity index (χ0n) is 11.3. The molecule has 0 aliphatic carbocycles. The first-order chi connectivity index (χ1) is 10.1. The minimum Gasteiger partial charge on any atom is -0.391 e. The number of hydrogen-bond donors (Lipinski definition) is 2. The van der Waals surface area contributed by atoms with Crippen molar-refractivity contribution in [3.05, 3.63) is 52.4 Å². The second kappa shape index (κ2) is 5.49. The Kier molecular flexibility index (Phi) is 3.53. The van der Waals surface area contributed by atoms with Crippen LogP contribution in [0.4, 0.5) is 0 Å². The summed E-state index contributed by atoms with van der Waals surface area (Å²) < 4.78 is 0. The Morgan fingerprint density at radius 2 is 2.10 bits per heavy atom. The quantitative estimate of drug-likeness (QED) is 0.848. The number of carbonyl (C=O) groups is 1. The molecule has 6 nitrogen and oxygen atoms in total. The predicted molar refractivity (Wildman–Crippen MR) is 76.8 cm³/mol. The van der Waals surface area contributed by atoms with Gasteiger partial charge in [-0.1, -0.05) is 30.3 Å². The van der Waals surface area contributed by atoms with Gasteiger partial charge in [0.05, 0.1) is 6.10 Å². The molecule has 0 radical (unpaired) electrons. The van der Waals surface area contributed by atoms with Gasteiger partial charge in [0.15, 0.2) is 0 Å². The molecule has 0 saturated carbocycles. The predicted octanol–water partition coefficient (Wildman–Crippen LogP) is 0.644. The number of aromatic amines is 1. The van der Waals surface area contributed by atoms with E-state index in [1.54, 1.807) is 0 Å². The molecule has 21 heavy (non-hydrogen) atoms. The van der Waals surface area contributed by atoms with E-state index in [0.717, 1.165) is 5.56 Å². The molecule has 1 aromatic carbocycles. The third-order valence-corrected chi connectivity index (χ3v) is 3.53. The Labute approximate surface area is 121 Å². The average molecular weight is 285 g/mol. The highest BCUT2D eigenvalue weighted by Crippen LogP contribution is 2.14. The van der Waals surface area contributed by atoms with E-state index in [2.05, 4.69) is 9.97 Å². The van der Waals surface area contributed by atoms with Gasteiger partial charge >= 0.3 is 0 Å². The Balaban J connectivity index is 1.88. The maximum atomic E-state index is 12.2. The molecule has 1 aliphatic heterocycles. The summed E-state index contributed by atoms with van der Waals surface area (Å²) >= 11 is 0. The lowest BCUT2D eigenvalue weighted by Crippen LogP contribution is -2.34. The summed E-state index contributed by atoms with van der Waals surface area (Å²) in [5.41, 5.74) is 0.323. The first-order valence-corrected chi connectivity index (χ1v) is 6.77. The van der Waals surface area contributed by atoms with Crippen molar-refractivity contribution in [2.45, 2.75) is 12.5 Å². The fourth-order valence-corrected chi connectivity index (χ4v) is 2.39. The highest BCUT2D eigenvalue weighted by molar-refractivity contribution is 5.93. The molecule has 6 heteroatoms. The lowest BCUT2D eigenvalue weighted by atomic mass is 10.2. The largest absolute Gasteiger partial charge is 0.391 e. The van der Waals surface area contributed by atoms with Gasteiger partial charge < -0.3 is 15.0 Å². The summed E-state index contributed by atoms with van der Waals surface area (Å²) in [5.74, 6) is 0.0403. The number of benzene rings is 1. The average Bonchev–Trinajstić information content (AvgIpc) is 2.94. The zero-order chi connectivity index (χ0) is 14.8. The van der Waals surface area contributed by atoms with Crippen LogP contribution in [0, 0.1) is 0 Å². The molecule has 1 amide bonds. The molecule has 2 N–H and O–H groups in total. The van der Waals surface area contributed by atoms with Crippen molar-refractivity contribution in [2.75, 3.05) is 13.1 Å². The number of hydrogen-bond acceptors (Lipinski definition) is 4. The van der Waals surface area contributed by atoms with Gasteiger partial charge in [0.25, 0.3) is 11.5 Å². The van der Waals surface area contributed by atoms with Gasteiger partial charge in [0.2, 0.25) is 0 Å². The fourth-order valence-electron chi connectivity index (χ4n) is 2.39. The maximum absolute atomic E-state index is 12.2. The lowest BCUT2D eigenvalue weighted by Gasteiger charge is -2.14. The highest BCUT2D eigenvalue weighted by Gasteiger charge is 2.27. The van der Waals surface area contributed by atoms with E-state index in [-0.39, 0.29) is 18.0 Å². The smallest absolute Gasteiger partial charge is 0.264 e. The molecule has 0 spiro atoms. The monoisotopic (exact) mass is 285 g/mol. The highest BCUT2D eigenvalue weighted by atomic mass is 16.3. The summed E-state index contributed by atoms with van der Waals surface area (Å²) in [5, 5.41) is 9.46. The van der Waals surface area contributed by atoms with Crippen LogP contribution in [0.2, 0.25) is 0 Å². The van der Waals surface area contributed by atoms with E-state index in [1.165, 1.54) is 11.1 Å². The van der Waals surface area contributed by atoms with Crippen LogP contribution in [0.1, 0.15) is 16.8 Å². The van der Waals surface area contributed by atoms with Gasteiger partial charge in [0.1, 0.15) is 11.4 Å². The molecular formula is C15H15N3O3. The van der Waals surface area contributed by atoms with Gasteiger partial charge in [0, 0.05) is 24.8 Å². The number of nitrogens with one attached hydrogen (secondary N) is 1. The Morgan fingerprint density at radius 1 is 1.33 bits per heavy atom. The number of rotatable bonds is 2. The van der Waals surface area contributed by atoms with Crippen LogP contribution in [-0.4, -0.2) is 45.1 Å². The molecule has 1 fully saturated rings. The molecule has 2 heterocycles. The summed E-state index contributed by atoms with van der Waals surface area (Å²) in [4.78, 5) is 32.6. The van der Waals surface area contributed by atoms with E-state index in [1.807, 2.05) is 30.3 Å². The fraction of sp³-hybridized carbons (Fsp3) is 0.267. The minimum atomic E-state index is -0.510. The number of likely N-dealkylation sites (tertiary alicyclic amines) is 1. The van der Waals surface area contributed by atoms with E-state index in [0.29, 0.717) is 18.8 Å². The van der Waals surface area contributed by atoms with Crippen molar-refractivity contribution >= 4 is 5.91 Å². The van der Waals surface area contributed by atoms with Crippen molar-refractivity contribution in [1.29, 1.82) is 0 Å². The summed E-state index contributed by atoms with van der Waals surface area (Å²) in [6.07, 6.45) is 1.33. The van der Waals surface area contributed by atoms with E-state index < -0.39 is 11.7 Å². The van der Waals surface area contributed by atoms with Crippen LogP contribution in [0.25, 0.3) is 11.4 Å². The van der Waals surface area contributed by atoms with Crippen molar-refractivity contribution in [1.82, 2.24) is 14.9 Å². The first-order valence-electron chi connectivity index (χ1n) is 6.77. The standard InChI is InChI=1S/C15H15N3O3/c19-11-6-7-18(9-11)15(21)12-8-16-13(17-14(12)20)10-4-2-1-3-5-10/h1-5,8,11,19H,6-7,9H2,(H,16,17,20)/t11-/m1/s1. The molecule has 1 saturated heterocycles. The second-order valence-corrected chi connectivity index (χ2v) is 5.03. The second-order valence-electron chi connectivity index (χ2n) is 5.03. The maximum Gasteiger partial charge on any atom is 0.264 e. The summed E-state index contributed by atoms with van der Waals surface area (Å²) in [7, 11) is 0. The summed E-state index contributed by atoms with van der Waals surface area (Å²) in [6.45, 7) is 0.721. The molecule has 1 atom stereocenters. The lowest BCUT2D eigenvalue weighted by molar-refractivity contribution is 0.0763. The summed E-state index contributed by atoms with van der Waals surface area (Å²) in [6, 6.07) is 9.23. The molecule has 1 aliphatic rings. The number of aliphatic hydroxyl groups is 1. The number of nitrogens with zero attached hydrogens (tertiary/aromatic N) is 2. The van der Waals surface area contributed by atoms with Gasteiger partial charge in [-0.2, -0.15) is 0 Å². The Bertz CT molecular complexity index is 712. The van der Waals surface area contributed by atoms with Crippen molar-refractivity contribution in [3.8, 4) is 11.4 Å². The van der Waals surface area contributed by atoms with Crippen LogP contribution in [-0.2, 0) is 0 Å². The number of H-pyrrole nitrogens is 1. The first kappa shape index (κ1) is 13.5. The molecule has 0 unspecified atom stereocenters. The Morgan fingerprint density at radius 3 is 2.71 bits per heavy atom. The van der Waals surface area contributed by atoms with Crippen LogP contribution >= 0.6 is 0 Å². The van der Waals surface area contributed by atoms with Gasteiger partial charge in [-0.05, 0) is 6.42 Å². The van der Waals surface area contributed by atoms with E-state index >= 15 is 0 Å². The third kappa shape index (κ3) is 2.71. The third-order valence-electron chi connectivity index (χ3n) is 3.53. The number of carbonyl (C=O) groups excluding carboxylic acids is 1. The zero-order valence-corrected chi connectivity index (χ0v) is 11.3. The molecule has 108 valence electrons. The minimum absolute atomic E-state index is 0.00350. The number of aromatic nitrogens is 2. The van der Waals surface area contributed by atoms with Gasteiger partial charge in [-0.3, -0.25) is 9.59 Å². The van der Waals surface area contributed by atoms with Crippen molar-refractivity contribution in [2.24, 2.45) is 0 Å². The van der Waals surface area contributed by atoms with Crippen molar-refractivity contribution < 1.29 is 9.90 Å². The number of amides is 1. The molecule has 2 aromatic rings. The topological polar surface area (TPSA) is 86.3 Å². The Hall–Kier alpha value is -2.47. The molecule has 3 rings (SSSR count). The van der Waals surface area contributed by atoms with Crippen molar-refractivity contribution in [3.63, 3.8) is 0 Å². The molecule has 1 aromatic heterocycles.